The number of para-hydroxylation sites is 1. The van der Waals surface area contributed by atoms with Crippen molar-refractivity contribution in [2.24, 2.45) is 0 Å². The third-order valence-corrected chi connectivity index (χ3v) is 4.91. The van der Waals surface area contributed by atoms with E-state index in [1.165, 1.54) is 23.6 Å². The number of hydrogen-bond donors (Lipinski definition) is 2. The molecule has 0 saturated carbocycles. The monoisotopic (exact) mass is 414 g/mol. The second kappa shape index (κ2) is 9.18. The molecule has 3 aromatic rings. The number of rotatable bonds is 6. The van der Waals surface area contributed by atoms with Gasteiger partial charge in [0.1, 0.15) is 5.75 Å². The van der Waals surface area contributed by atoms with Crippen LogP contribution in [0.3, 0.4) is 0 Å². The van der Waals surface area contributed by atoms with E-state index in [0.717, 1.165) is 16.9 Å². The molecule has 0 aliphatic carbocycles. The summed E-state index contributed by atoms with van der Waals surface area (Å²) >= 11 is -1.22. The van der Waals surface area contributed by atoms with Gasteiger partial charge in [0.2, 0.25) is 11.1 Å². The molecule has 0 bridgehead atoms. The first kappa shape index (κ1) is 19.6. The number of benzene rings is 2. The molecule has 1 atom stereocenters. The van der Waals surface area contributed by atoms with Gasteiger partial charge in [-0.2, -0.15) is 0 Å². The van der Waals surface area contributed by atoms with Crippen LogP contribution in [0.25, 0.3) is 6.08 Å². The fourth-order valence-corrected chi connectivity index (χ4v) is 3.44. The van der Waals surface area contributed by atoms with Gasteiger partial charge in [-0.25, -0.2) is 14.0 Å². The topological polar surface area (TPSA) is 106 Å². The maximum atomic E-state index is 12.5. The largest absolute Gasteiger partial charge is 0.423 e. The van der Waals surface area contributed by atoms with Gasteiger partial charge >= 0.3 is 5.97 Å². The number of nitrogens with one attached hydrogen (secondary N) is 1. The number of amides is 1. The van der Waals surface area contributed by atoms with E-state index in [1.54, 1.807) is 18.2 Å². The van der Waals surface area contributed by atoms with Crippen LogP contribution in [0.5, 0.6) is 5.75 Å². The number of ether oxygens (including phenoxy) is 1. The van der Waals surface area contributed by atoms with Crippen LogP contribution in [-0.2, 0) is 15.9 Å². The van der Waals surface area contributed by atoms with Crippen LogP contribution in [0.2, 0.25) is 0 Å². The number of esters is 1. The highest BCUT2D eigenvalue weighted by Crippen LogP contribution is 2.22. The van der Waals surface area contributed by atoms with Crippen molar-refractivity contribution in [3.63, 3.8) is 0 Å². The van der Waals surface area contributed by atoms with Gasteiger partial charge in [-0.3, -0.25) is 10.1 Å². The molecule has 0 spiro atoms. The van der Waals surface area contributed by atoms with E-state index in [-0.39, 0.29) is 21.5 Å². The van der Waals surface area contributed by atoms with Crippen molar-refractivity contribution in [1.82, 2.24) is 4.98 Å². The Hall–Kier alpha value is -3.14. The summed E-state index contributed by atoms with van der Waals surface area (Å²) in [6.45, 7) is 0. The maximum absolute atomic E-state index is 12.5. The van der Waals surface area contributed by atoms with Gasteiger partial charge in [0.25, 0.3) is 5.91 Å². The van der Waals surface area contributed by atoms with Gasteiger partial charge in [0, 0.05) is 11.5 Å². The van der Waals surface area contributed by atoms with Crippen molar-refractivity contribution >= 4 is 45.5 Å². The molecule has 0 aliphatic heterocycles. The van der Waals surface area contributed by atoms with E-state index in [9.17, 15) is 13.8 Å². The fraction of sp³-hybridized carbons (Fsp3) is 0. The van der Waals surface area contributed by atoms with E-state index >= 15 is 0 Å². The molecule has 0 fully saturated rings. The smallest absolute Gasteiger partial charge is 0.336 e. The number of thiazole rings is 1. The average Bonchev–Trinajstić information content (AvgIpc) is 3.16. The lowest BCUT2D eigenvalue weighted by Crippen LogP contribution is -2.15. The molecule has 1 aromatic heterocycles. The molecule has 2 aromatic carbocycles. The highest BCUT2D eigenvalue weighted by Gasteiger charge is 2.16. The molecule has 0 saturated heterocycles. The Morgan fingerprint density at radius 3 is 2.54 bits per heavy atom. The number of aromatic nitrogens is 1. The molecule has 1 heterocycles. The van der Waals surface area contributed by atoms with Crippen LogP contribution < -0.4 is 10.1 Å². The molecular weight excluding hydrogens is 400 g/mol. The van der Waals surface area contributed by atoms with E-state index in [1.807, 2.05) is 30.3 Å². The zero-order valence-electron chi connectivity index (χ0n) is 14.3. The molecule has 0 aliphatic rings. The lowest BCUT2D eigenvalue weighted by atomic mass is 10.2. The summed E-state index contributed by atoms with van der Waals surface area (Å²) in [5.74, 6) is -1.10. The van der Waals surface area contributed by atoms with Crippen molar-refractivity contribution < 1.29 is 23.1 Å². The Bertz CT molecular complexity index is 1050. The van der Waals surface area contributed by atoms with Crippen molar-refractivity contribution in [3.05, 3.63) is 77.2 Å². The van der Waals surface area contributed by atoms with Crippen molar-refractivity contribution in [3.8, 4) is 5.75 Å². The van der Waals surface area contributed by atoms with Crippen LogP contribution in [0.4, 0.5) is 5.13 Å². The predicted octanol–water partition coefficient (Wildman–Crippen LogP) is 3.59. The number of carbonyl (C=O) groups excluding carboxylic acids is 2. The van der Waals surface area contributed by atoms with E-state index in [4.69, 9.17) is 9.29 Å². The van der Waals surface area contributed by atoms with Crippen LogP contribution in [0, 0.1) is 0 Å². The second-order valence-corrected chi connectivity index (χ2v) is 7.13. The summed E-state index contributed by atoms with van der Waals surface area (Å²) in [5, 5.41) is 4.00. The van der Waals surface area contributed by atoms with Crippen molar-refractivity contribution in [1.29, 1.82) is 0 Å². The van der Waals surface area contributed by atoms with Crippen molar-refractivity contribution in [2.45, 2.75) is 5.03 Å². The summed E-state index contributed by atoms with van der Waals surface area (Å²) in [6, 6.07) is 15.5. The van der Waals surface area contributed by atoms with Crippen LogP contribution in [0.1, 0.15) is 15.9 Å². The van der Waals surface area contributed by atoms with Crippen LogP contribution >= 0.6 is 11.3 Å². The molecule has 3 rings (SSSR count). The third kappa shape index (κ3) is 5.19. The minimum atomic E-state index is -2.23. The lowest BCUT2D eigenvalue weighted by molar-refractivity contribution is -0.128. The van der Waals surface area contributed by atoms with Gasteiger partial charge in [0.15, 0.2) is 10.2 Å². The summed E-state index contributed by atoms with van der Waals surface area (Å²) in [7, 11) is 0. The number of nitrogens with zero attached hydrogens (tertiary/aromatic N) is 1. The van der Waals surface area contributed by atoms with Gasteiger partial charge in [-0.1, -0.05) is 42.5 Å². The first-order valence-corrected chi connectivity index (χ1v) is 9.93. The molecular formula is C19H14N2O5S2. The normalized spacial score (nSPS) is 11.9. The van der Waals surface area contributed by atoms with Crippen LogP contribution in [-0.4, -0.2) is 25.6 Å². The Kier molecular flexibility index (Phi) is 6.43. The molecule has 2 N–H and O–H groups in total. The lowest BCUT2D eigenvalue weighted by Gasteiger charge is -2.08. The molecule has 1 amide bonds. The van der Waals surface area contributed by atoms with Gasteiger partial charge < -0.3 is 9.29 Å². The zero-order chi connectivity index (χ0) is 19.9. The fourth-order valence-electron chi connectivity index (χ4n) is 2.18. The first-order valence-electron chi connectivity index (χ1n) is 7.94. The third-order valence-electron chi connectivity index (χ3n) is 3.44. The standard InChI is InChI=1S/C19H14N2O5S2/c22-17(11-10-13-6-2-1-3-7-13)26-15-9-5-4-8-14(15)18(23)21-19-20-16(12-27-19)28(24)25/h1-12H,(H,24,25)(H,20,21,23)/b11-10+. The zero-order valence-corrected chi connectivity index (χ0v) is 15.9. The highest BCUT2D eigenvalue weighted by molar-refractivity contribution is 7.79. The predicted molar refractivity (Wildman–Crippen MR) is 107 cm³/mol. The summed E-state index contributed by atoms with van der Waals surface area (Å²) in [4.78, 5) is 28.4. The Balaban J connectivity index is 1.71. The van der Waals surface area contributed by atoms with E-state index < -0.39 is 23.0 Å². The second-order valence-electron chi connectivity index (χ2n) is 5.36. The summed E-state index contributed by atoms with van der Waals surface area (Å²) < 4.78 is 25.3. The van der Waals surface area contributed by atoms with Crippen LogP contribution in [0.15, 0.2) is 71.1 Å². The Morgan fingerprint density at radius 1 is 1.11 bits per heavy atom. The molecule has 1 unspecified atom stereocenters. The average molecular weight is 414 g/mol. The molecule has 7 nitrogen and oxygen atoms in total. The number of carbonyl (C=O) groups is 2. The van der Waals surface area contributed by atoms with E-state index in [2.05, 4.69) is 10.3 Å². The summed E-state index contributed by atoms with van der Waals surface area (Å²) in [5.41, 5.74) is 0.970. The van der Waals surface area contributed by atoms with Gasteiger partial charge in [-0.15, -0.1) is 11.3 Å². The quantitative estimate of drug-likeness (QED) is 0.276. The number of anilines is 1. The molecule has 28 heavy (non-hydrogen) atoms. The van der Waals surface area contributed by atoms with Gasteiger partial charge in [-0.05, 0) is 23.8 Å². The number of hydrogen-bond acceptors (Lipinski definition) is 6. The highest BCUT2D eigenvalue weighted by atomic mass is 32.2. The minimum Gasteiger partial charge on any atom is -0.423 e. The summed E-state index contributed by atoms with van der Waals surface area (Å²) in [6.07, 6.45) is 2.88. The molecule has 0 radical (unpaired) electrons. The maximum Gasteiger partial charge on any atom is 0.336 e. The Morgan fingerprint density at radius 2 is 1.82 bits per heavy atom. The van der Waals surface area contributed by atoms with Crippen molar-refractivity contribution in [2.75, 3.05) is 5.32 Å². The minimum absolute atomic E-state index is 0.0499. The SMILES string of the molecule is O=C(/C=C/c1ccccc1)Oc1ccccc1C(=O)Nc1nc(S(=O)O)cs1. The van der Waals surface area contributed by atoms with Gasteiger partial charge in [0.05, 0.1) is 5.56 Å². The Labute approximate surface area is 167 Å². The molecule has 9 heteroatoms. The molecule has 142 valence electrons. The van der Waals surface area contributed by atoms with E-state index in [0.29, 0.717) is 0 Å². The first-order chi connectivity index (χ1) is 13.5.